The van der Waals surface area contributed by atoms with Gasteiger partial charge in [-0.1, -0.05) is 18.2 Å². The zero-order valence-corrected chi connectivity index (χ0v) is 13.7. The number of hydrogen-bond acceptors (Lipinski definition) is 4. The molecule has 6 heteroatoms. The number of thioether (sulfide) groups is 1. The fraction of sp³-hybridized carbons (Fsp3) is 0.235. The number of amides is 2. The van der Waals surface area contributed by atoms with Crippen LogP contribution in [0.5, 0.6) is 0 Å². The first-order valence-electron chi connectivity index (χ1n) is 7.26. The molecule has 1 heterocycles. The van der Waals surface area contributed by atoms with Gasteiger partial charge in [0.25, 0.3) is 5.91 Å². The van der Waals surface area contributed by atoms with Gasteiger partial charge < -0.3 is 10.6 Å². The highest BCUT2D eigenvalue weighted by Crippen LogP contribution is 2.08. The van der Waals surface area contributed by atoms with E-state index in [-0.39, 0.29) is 11.8 Å². The Labute approximate surface area is 139 Å². The molecule has 0 bridgehead atoms. The van der Waals surface area contributed by atoms with E-state index in [1.54, 1.807) is 60.6 Å². The zero-order valence-electron chi connectivity index (χ0n) is 12.9. The first kappa shape index (κ1) is 17.0. The third-order valence-electron chi connectivity index (χ3n) is 3.22. The maximum Gasteiger partial charge on any atom is 0.251 e. The van der Waals surface area contributed by atoms with E-state index in [9.17, 15) is 9.59 Å². The Morgan fingerprint density at radius 3 is 2.48 bits per heavy atom. The Kier molecular flexibility index (Phi) is 6.62. The molecule has 0 aliphatic carbocycles. The van der Waals surface area contributed by atoms with E-state index in [1.165, 1.54) is 0 Å². The van der Waals surface area contributed by atoms with Gasteiger partial charge >= 0.3 is 0 Å². The SMILES string of the molecule is CSCC[C@@H](NC(=O)c1ccccc1)C(=O)Nc1ccncc1. The Morgan fingerprint density at radius 1 is 1.13 bits per heavy atom. The monoisotopic (exact) mass is 329 g/mol. The van der Waals surface area contributed by atoms with Crippen LogP contribution in [0.25, 0.3) is 0 Å². The minimum Gasteiger partial charge on any atom is -0.340 e. The Balaban J connectivity index is 2.04. The largest absolute Gasteiger partial charge is 0.340 e. The third kappa shape index (κ3) is 5.41. The molecule has 1 atom stereocenters. The molecule has 0 saturated carbocycles. The molecule has 0 radical (unpaired) electrons. The van der Waals surface area contributed by atoms with Crippen LogP contribution in [0.3, 0.4) is 0 Å². The van der Waals surface area contributed by atoms with Crippen molar-refractivity contribution in [1.29, 1.82) is 0 Å². The van der Waals surface area contributed by atoms with Crippen molar-refractivity contribution in [3.8, 4) is 0 Å². The molecule has 2 rings (SSSR count). The van der Waals surface area contributed by atoms with E-state index < -0.39 is 6.04 Å². The van der Waals surface area contributed by atoms with Gasteiger partial charge in [0, 0.05) is 23.6 Å². The van der Waals surface area contributed by atoms with Gasteiger partial charge in [0.2, 0.25) is 5.91 Å². The molecule has 2 amide bonds. The van der Waals surface area contributed by atoms with Gasteiger partial charge in [0.1, 0.15) is 6.04 Å². The number of rotatable bonds is 7. The molecule has 0 unspecified atom stereocenters. The van der Waals surface area contributed by atoms with E-state index >= 15 is 0 Å². The standard InChI is InChI=1S/C17H19N3O2S/c1-23-12-9-15(17(22)19-14-7-10-18-11-8-14)20-16(21)13-5-3-2-4-6-13/h2-8,10-11,15H,9,12H2,1H3,(H,20,21)(H,18,19,22)/t15-/m1/s1. The van der Waals surface area contributed by atoms with Crippen LogP contribution in [0.1, 0.15) is 16.8 Å². The van der Waals surface area contributed by atoms with Gasteiger partial charge in [-0.25, -0.2) is 0 Å². The second kappa shape index (κ2) is 8.95. The van der Waals surface area contributed by atoms with Crippen LogP contribution < -0.4 is 10.6 Å². The number of nitrogens with one attached hydrogen (secondary N) is 2. The summed E-state index contributed by atoms with van der Waals surface area (Å²) in [4.78, 5) is 28.6. The lowest BCUT2D eigenvalue weighted by Crippen LogP contribution is -2.44. The minimum absolute atomic E-state index is 0.227. The van der Waals surface area contributed by atoms with Gasteiger partial charge in [-0.3, -0.25) is 14.6 Å². The molecular formula is C17H19N3O2S. The summed E-state index contributed by atoms with van der Waals surface area (Å²) in [5, 5.41) is 5.61. The number of carbonyl (C=O) groups excluding carboxylic acids is 2. The highest BCUT2D eigenvalue weighted by Gasteiger charge is 2.21. The summed E-state index contributed by atoms with van der Waals surface area (Å²) in [6.45, 7) is 0. The predicted molar refractivity (Wildman–Crippen MR) is 93.6 cm³/mol. The molecule has 2 aromatic rings. The van der Waals surface area contributed by atoms with Gasteiger partial charge in [-0.15, -0.1) is 0 Å². The van der Waals surface area contributed by atoms with Crippen molar-refractivity contribution in [2.75, 3.05) is 17.3 Å². The minimum atomic E-state index is -0.580. The Morgan fingerprint density at radius 2 is 1.83 bits per heavy atom. The third-order valence-corrected chi connectivity index (χ3v) is 3.86. The fourth-order valence-corrected chi connectivity index (χ4v) is 2.47. The van der Waals surface area contributed by atoms with Crippen molar-refractivity contribution in [1.82, 2.24) is 10.3 Å². The van der Waals surface area contributed by atoms with E-state index in [1.807, 2.05) is 12.3 Å². The highest BCUT2D eigenvalue weighted by molar-refractivity contribution is 7.98. The van der Waals surface area contributed by atoms with Crippen LogP contribution in [0.2, 0.25) is 0 Å². The number of nitrogens with zero attached hydrogens (tertiary/aromatic N) is 1. The molecular weight excluding hydrogens is 310 g/mol. The van der Waals surface area contributed by atoms with E-state index in [0.29, 0.717) is 17.7 Å². The summed E-state index contributed by atoms with van der Waals surface area (Å²) in [6.07, 6.45) is 5.75. The maximum absolute atomic E-state index is 12.4. The van der Waals surface area contributed by atoms with Crippen LogP contribution in [0, 0.1) is 0 Å². The molecule has 23 heavy (non-hydrogen) atoms. The quantitative estimate of drug-likeness (QED) is 0.819. The van der Waals surface area contributed by atoms with Crippen LogP contribution in [-0.4, -0.2) is 34.8 Å². The first-order chi connectivity index (χ1) is 11.2. The van der Waals surface area contributed by atoms with Crippen molar-refractivity contribution >= 4 is 29.3 Å². The number of pyridine rings is 1. The van der Waals surface area contributed by atoms with E-state index in [0.717, 1.165) is 5.75 Å². The Hall–Kier alpha value is -2.34. The normalized spacial score (nSPS) is 11.5. The van der Waals surface area contributed by atoms with Crippen molar-refractivity contribution in [2.45, 2.75) is 12.5 Å². The zero-order chi connectivity index (χ0) is 16.5. The lowest BCUT2D eigenvalue weighted by atomic mass is 10.1. The molecule has 0 saturated heterocycles. The first-order valence-corrected chi connectivity index (χ1v) is 8.66. The van der Waals surface area contributed by atoms with E-state index in [4.69, 9.17) is 0 Å². The van der Waals surface area contributed by atoms with Gasteiger partial charge in [0.05, 0.1) is 0 Å². The number of aromatic nitrogens is 1. The Bertz CT molecular complexity index is 635. The van der Waals surface area contributed by atoms with Crippen molar-refractivity contribution in [2.24, 2.45) is 0 Å². The van der Waals surface area contributed by atoms with Crippen molar-refractivity contribution in [3.05, 3.63) is 60.4 Å². The number of hydrogen-bond donors (Lipinski definition) is 2. The second-order valence-corrected chi connectivity index (χ2v) is 5.88. The van der Waals surface area contributed by atoms with Crippen LogP contribution >= 0.6 is 11.8 Å². The van der Waals surface area contributed by atoms with Crippen LogP contribution in [0.4, 0.5) is 5.69 Å². The number of anilines is 1. The lowest BCUT2D eigenvalue weighted by Gasteiger charge is -2.18. The molecule has 1 aromatic carbocycles. The van der Waals surface area contributed by atoms with E-state index in [2.05, 4.69) is 15.6 Å². The molecule has 0 aliphatic heterocycles. The summed E-state index contributed by atoms with van der Waals surface area (Å²) in [5.74, 6) is 0.305. The molecule has 2 N–H and O–H groups in total. The average molecular weight is 329 g/mol. The lowest BCUT2D eigenvalue weighted by molar-refractivity contribution is -0.118. The summed E-state index contributed by atoms with van der Waals surface area (Å²) in [6, 6.07) is 11.7. The molecule has 5 nitrogen and oxygen atoms in total. The van der Waals surface area contributed by atoms with Crippen LogP contribution in [-0.2, 0) is 4.79 Å². The predicted octanol–water partition coefficient (Wildman–Crippen LogP) is 2.57. The van der Waals surface area contributed by atoms with Gasteiger partial charge in [-0.05, 0) is 42.7 Å². The summed E-state index contributed by atoms with van der Waals surface area (Å²) in [7, 11) is 0. The van der Waals surface area contributed by atoms with Gasteiger partial charge in [-0.2, -0.15) is 11.8 Å². The summed E-state index contributed by atoms with van der Waals surface area (Å²) in [5.41, 5.74) is 1.20. The molecule has 0 fully saturated rings. The van der Waals surface area contributed by atoms with Crippen LogP contribution in [0.15, 0.2) is 54.9 Å². The smallest absolute Gasteiger partial charge is 0.251 e. The second-order valence-electron chi connectivity index (χ2n) is 4.90. The van der Waals surface area contributed by atoms with Crippen molar-refractivity contribution in [3.63, 3.8) is 0 Å². The van der Waals surface area contributed by atoms with Crippen molar-refractivity contribution < 1.29 is 9.59 Å². The molecule has 0 aliphatic rings. The summed E-state index contributed by atoms with van der Waals surface area (Å²) < 4.78 is 0. The van der Waals surface area contributed by atoms with Gasteiger partial charge in [0.15, 0.2) is 0 Å². The molecule has 1 aromatic heterocycles. The molecule has 120 valence electrons. The average Bonchev–Trinajstić information content (AvgIpc) is 2.60. The highest BCUT2D eigenvalue weighted by atomic mass is 32.2. The number of benzene rings is 1. The summed E-state index contributed by atoms with van der Waals surface area (Å²) >= 11 is 1.64. The molecule has 0 spiro atoms. The number of carbonyl (C=O) groups is 2. The fourth-order valence-electron chi connectivity index (χ4n) is 2.00. The maximum atomic E-state index is 12.4. The topological polar surface area (TPSA) is 71.1 Å².